The van der Waals surface area contributed by atoms with Crippen LogP contribution in [0.15, 0.2) is 18.2 Å². The molecule has 0 radical (unpaired) electrons. The van der Waals surface area contributed by atoms with Crippen LogP contribution in [0, 0.1) is 0 Å². The maximum Gasteiger partial charge on any atom is 0.255 e. The lowest BCUT2D eigenvalue weighted by Gasteiger charge is -2.22. The third-order valence-electron chi connectivity index (χ3n) is 2.75. The Morgan fingerprint density at radius 3 is 2.94 bits per heavy atom. The molecule has 0 bridgehead atoms. The maximum atomic E-state index is 11.9. The first kappa shape index (κ1) is 11.3. The van der Waals surface area contributed by atoms with Crippen LogP contribution in [0.25, 0.3) is 0 Å². The zero-order valence-corrected chi connectivity index (χ0v) is 9.68. The normalized spacial score (nSPS) is 21.7. The van der Waals surface area contributed by atoms with Crippen molar-refractivity contribution in [3.8, 4) is 11.5 Å². The van der Waals surface area contributed by atoms with E-state index in [1.165, 1.54) is 0 Å². The molecule has 1 aromatic carbocycles. The van der Waals surface area contributed by atoms with Crippen molar-refractivity contribution in [2.45, 2.75) is 6.10 Å². The standard InChI is InChI=1S/C12H13NO5/c14-12(11-6-15-3-4-16-11)13-8-1-2-9-10(5-8)18-7-17-9/h1-2,5,11H,3-4,6-7H2,(H,13,14). The molecule has 2 aliphatic heterocycles. The predicted octanol–water partition coefficient (Wildman–Crippen LogP) is 0.769. The fourth-order valence-electron chi connectivity index (χ4n) is 1.84. The van der Waals surface area contributed by atoms with Crippen LogP contribution in [0.2, 0.25) is 0 Å². The molecule has 1 aromatic rings. The zero-order valence-electron chi connectivity index (χ0n) is 9.68. The van der Waals surface area contributed by atoms with Gasteiger partial charge in [-0.15, -0.1) is 0 Å². The molecule has 2 aliphatic rings. The number of ether oxygens (including phenoxy) is 4. The Hall–Kier alpha value is -1.79. The minimum absolute atomic E-state index is 0.214. The van der Waals surface area contributed by atoms with Crippen molar-refractivity contribution in [2.24, 2.45) is 0 Å². The molecule has 96 valence electrons. The molecule has 0 aromatic heterocycles. The zero-order chi connectivity index (χ0) is 12.4. The average molecular weight is 251 g/mol. The topological polar surface area (TPSA) is 66.0 Å². The molecule has 1 amide bonds. The first-order valence-corrected chi connectivity index (χ1v) is 5.73. The number of hydrogen-bond donors (Lipinski definition) is 1. The molecule has 18 heavy (non-hydrogen) atoms. The molecule has 1 saturated heterocycles. The highest BCUT2D eigenvalue weighted by Gasteiger charge is 2.23. The van der Waals surface area contributed by atoms with Crippen molar-refractivity contribution in [1.82, 2.24) is 0 Å². The van der Waals surface area contributed by atoms with E-state index in [0.717, 1.165) is 0 Å². The Bertz CT molecular complexity index is 456. The summed E-state index contributed by atoms with van der Waals surface area (Å²) in [6, 6.07) is 5.25. The van der Waals surface area contributed by atoms with Crippen LogP contribution in [-0.2, 0) is 14.3 Å². The number of carbonyl (C=O) groups is 1. The van der Waals surface area contributed by atoms with Gasteiger partial charge >= 0.3 is 0 Å². The van der Waals surface area contributed by atoms with Gasteiger partial charge in [0.05, 0.1) is 19.8 Å². The van der Waals surface area contributed by atoms with Crippen molar-refractivity contribution in [3.63, 3.8) is 0 Å². The summed E-state index contributed by atoms with van der Waals surface area (Å²) in [7, 11) is 0. The van der Waals surface area contributed by atoms with E-state index >= 15 is 0 Å². The Balaban J connectivity index is 1.66. The van der Waals surface area contributed by atoms with E-state index < -0.39 is 6.10 Å². The van der Waals surface area contributed by atoms with Gasteiger partial charge in [-0.2, -0.15) is 0 Å². The largest absolute Gasteiger partial charge is 0.454 e. The van der Waals surface area contributed by atoms with E-state index in [-0.39, 0.29) is 19.3 Å². The maximum absolute atomic E-state index is 11.9. The molecule has 1 unspecified atom stereocenters. The van der Waals surface area contributed by atoms with Gasteiger partial charge in [-0.25, -0.2) is 0 Å². The van der Waals surface area contributed by atoms with Gasteiger partial charge in [-0.05, 0) is 12.1 Å². The van der Waals surface area contributed by atoms with Gasteiger partial charge in [0, 0.05) is 11.8 Å². The molecule has 6 nitrogen and oxygen atoms in total. The summed E-state index contributed by atoms with van der Waals surface area (Å²) in [6.45, 7) is 1.48. The van der Waals surface area contributed by atoms with Crippen molar-refractivity contribution < 1.29 is 23.7 Å². The SMILES string of the molecule is O=C(Nc1ccc2c(c1)OCO2)C1COCCO1. The van der Waals surface area contributed by atoms with Crippen molar-refractivity contribution in [3.05, 3.63) is 18.2 Å². The fourth-order valence-corrected chi connectivity index (χ4v) is 1.84. The smallest absolute Gasteiger partial charge is 0.255 e. The third kappa shape index (κ3) is 2.25. The predicted molar refractivity (Wildman–Crippen MR) is 61.8 cm³/mol. The second-order valence-electron chi connectivity index (χ2n) is 3.99. The summed E-state index contributed by atoms with van der Waals surface area (Å²) in [5.74, 6) is 1.10. The monoisotopic (exact) mass is 251 g/mol. The Morgan fingerprint density at radius 2 is 2.11 bits per heavy atom. The van der Waals surface area contributed by atoms with Gasteiger partial charge in [0.2, 0.25) is 6.79 Å². The van der Waals surface area contributed by atoms with Crippen LogP contribution in [0.1, 0.15) is 0 Å². The molecular weight excluding hydrogens is 238 g/mol. The number of amides is 1. The first-order chi connectivity index (χ1) is 8.83. The van der Waals surface area contributed by atoms with Gasteiger partial charge in [-0.3, -0.25) is 4.79 Å². The van der Waals surface area contributed by atoms with E-state index in [9.17, 15) is 4.79 Å². The molecular formula is C12H13NO5. The number of rotatable bonds is 2. The number of carbonyl (C=O) groups excluding carboxylic acids is 1. The summed E-state index contributed by atoms with van der Waals surface area (Å²) >= 11 is 0. The van der Waals surface area contributed by atoms with Crippen LogP contribution in [0.3, 0.4) is 0 Å². The molecule has 2 heterocycles. The van der Waals surface area contributed by atoms with E-state index in [4.69, 9.17) is 18.9 Å². The fraction of sp³-hybridized carbons (Fsp3) is 0.417. The lowest BCUT2D eigenvalue weighted by atomic mass is 10.2. The first-order valence-electron chi connectivity index (χ1n) is 5.73. The summed E-state index contributed by atoms with van der Waals surface area (Å²) in [4.78, 5) is 11.9. The second-order valence-corrected chi connectivity index (χ2v) is 3.99. The van der Waals surface area contributed by atoms with E-state index in [2.05, 4.69) is 5.32 Å². The van der Waals surface area contributed by atoms with Crippen molar-refractivity contribution in [1.29, 1.82) is 0 Å². The average Bonchev–Trinajstić information content (AvgIpc) is 2.87. The third-order valence-corrected chi connectivity index (χ3v) is 2.75. The van der Waals surface area contributed by atoms with E-state index in [1.807, 2.05) is 0 Å². The molecule has 1 fully saturated rings. The van der Waals surface area contributed by atoms with E-state index in [0.29, 0.717) is 30.4 Å². The minimum Gasteiger partial charge on any atom is -0.454 e. The van der Waals surface area contributed by atoms with Crippen molar-refractivity contribution >= 4 is 11.6 Å². The van der Waals surface area contributed by atoms with Gasteiger partial charge in [0.15, 0.2) is 17.6 Å². The number of nitrogens with one attached hydrogen (secondary N) is 1. The lowest BCUT2D eigenvalue weighted by Crippen LogP contribution is -2.39. The Morgan fingerprint density at radius 1 is 1.22 bits per heavy atom. The van der Waals surface area contributed by atoms with Crippen LogP contribution in [0.5, 0.6) is 11.5 Å². The molecule has 0 aliphatic carbocycles. The molecule has 0 spiro atoms. The van der Waals surface area contributed by atoms with Crippen LogP contribution in [-0.4, -0.2) is 38.6 Å². The summed E-state index contributed by atoms with van der Waals surface area (Å²) in [6.07, 6.45) is -0.552. The quantitative estimate of drug-likeness (QED) is 0.841. The van der Waals surface area contributed by atoms with Crippen LogP contribution in [0.4, 0.5) is 5.69 Å². The highest BCUT2D eigenvalue weighted by atomic mass is 16.7. The molecule has 6 heteroatoms. The van der Waals surface area contributed by atoms with Gasteiger partial charge < -0.3 is 24.3 Å². The Kier molecular flexibility index (Phi) is 3.04. The number of hydrogen-bond acceptors (Lipinski definition) is 5. The summed E-state index contributed by atoms with van der Waals surface area (Å²) in [5.41, 5.74) is 0.651. The molecule has 1 N–H and O–H groups in total. The number of fused-ring (bicyclic) bond motifs is 1. The van der Waals surface area contributed by atoms with Crippen LogP contribution >= 0.6 is 0 Å². The second kappa shape index (κ2) is 4.83. The minimum atomic E-state index is -0.552. The number of anilines is 1. The highest BCUT2D eigenvalue weighted by molar-refractivity contribution is 5.94. The van der Waals surface area contributed by atoms with Crippen LogP contribution < -0.4 is 14.8 Å². The van der Waals surface area contributed by atoms with E-state index in [1.54, 1.807) is 18.2 Å². The van der Waals surface area contributed by atoms with Gasteiger partial charge in [0.1, 0.15) is 0 Å². The summed E-state index contributed by atoms with van der Waals surface area (Å²) < 4.78 is 20.9. The van der Waals surface area contributed by atoms with Crippen molar-refractivity contribution in [2.75, 3.05) is 31.9 Å². The molecule has 0 saturated carbocycles. The Labute approximate surface area is 104 Å². The van der Waals surface area contributed by atoms with Gasteiger partial charge in [-0.1, -0.05) is 0 Å². The molecule has 1 atom stereocenters. The van der Waals surface area contributed by atoms with Gasteiger partial charge in [0.25, 0.3) is 5.91 Å². The lowest BCUT2D eigenvalue weighted by molar-refractivity contribution is -0.142. The summed E-state index contributed by atoms with van der Waals surface area (Å²) in [5, 5.41) is 2.76. The number of benzene rings is 1. The highest BCUT2D eigenvalue weighted by Crippen LogP contribution is 2.34. The molecule has 3 rings (SSSR count).